The van der Waals surface area contributed by atoms with Gasteiger partial charge in [-0.2, -0.15) is 0 Å². The number of methoxy groups -OCH3 is 1. The van der Waals surface area contributed by atoms with Gasteiger partial charge in [0.05, 0.1) is 29.4 Å². The van der Waals surface area contributed by atoms with Gasteiger partial charge in [-0.15, -0.1) is 0 Å². The third kappa shape index (κ3) is 3.54. The van der Waals surface area contributed by atoms with Crippen LogP contribution < -0.4 is 5.32 Å². The number of nitrogens with one attached hydrogen (secondary N) is 1. The molecule has 0 saturated heterocycles. The number of rotatable bonds is 4. The number of hydrogen-bond donors (Lipinski definition) is 1. The minimum atomic E-state index is -0.417. The van der Waals surface area contributed by atoms with Crippen LogP contribution >= 0.6 is 15.9 Å². The number of carbonyl (C=O) groups excluding carboxylic acids is 1. The molecule has 0 fully saturated rings. The first kappa shape index (κ1) is 14.5. The van der Waals surface area contributed by atoms with Gasteiger partial charge >= 0.3 is 5.97 Å². The van der Waals surface area contributed by atoms with Crippen molar-refractivity contribution in [2.75, 3.05) is 12.4 Å². The number of aromatic nitrogens is 1. The zero-order valence-corrected chi connectivity index (χ0v) is 12.3. The van der Waals surface area contributed by atoms with Crippen molar-refractivity contribution in [3.63, 3.8) is 0 Å². The molecule has 0 spiro atoms. The highest BCUT2D eigenvalue weighted by atomic mass is 79.9. The van der Waals surface area contributed by atoms with E-state index in [0.29, 0.717) is 16.6 Å². The predicted octanol–water partition coefficient (Wildman–Crippen LogP) is 3.38. The minimum Gasteiger partial charge on any atom is -0.465 e. The number of carbonyl (C=O) groups is 1. The van der Waals surface area contributed by atoms with Gasteiger partial charge in [0.1, 0.15) is 5.82 Å². The summed E-state index contributed by atoms with van der Waals surface area (Å²) in [5.41, 5.74) is 1.94. The molecule has 0 aliphatic carbocycles. The van der Waals surface area contributed by atoms with E-state index in [1.807, 2.05) is 0 Å². The van der Waals surface area contributed by atoms with Crippen molar-refractivity contribution in [1.29, 1.82) is 0 Å². The number of ether oxygens (including phenoxy) is 1. The summed E-state index contributed by atoms with van der Waals surface area (Å²) in [7, 11) is 1.32. The number of anilines is 1. The lowest BCUT2D eigenvalue weighted by molar-refractivity contribution is 0.0600. The Morgan fingerprint density at radius 2 is 2.20 bits per heavy atom. The summed E-state index contributed by atoms with van der Waals surface area (Å²) in [6.07, 6.45) is 1.46. The Hall–Kier alpha value is -1.95. The molecule has 0 atom stereocenters. The molecule has 1 N–H and O–H groups in total. The van der Waals surface area contributed by atoms with Crippen molar-refractivity contribution in [2.24, 2.45) is 0 Å². The molecule has 1 heterocycles. The summed E-state index contributed by atoms with van der Waals surface area (Å²) in [6.45, 7) is 0.472. The van der Waals surface area contributed by atoms with Crippen molar-refractivity contribution in [2.45, 2.75) is 6.54 Å². The molecule has 0 saturated carbocycles. The fourth-order valence-electron chi connectivity index (χ4n) is 1.57. The molecule has 0 radical (unpaired) electrons. The number of nitrogens with zero attached hydrogens (tertiary/aromatic N) is 1. The monoisotopic (exact) mass is 338 g/mol. The minimum absolute atomic E-state index is 0.309. The molecule has 0 bridgehead atoms. The molecular weight excluding hydrogens is 327 g/mol. The van der Waals surface area contributed by atoms with Crippen molar-refractivity contribution >= 4 is 27.6 Å². The smallest absolute Gasteiger partial charge is 0.339 e. The maximum Gasteiger partial charge on any atom is 0.339 e. The zero-order chi connectivity index (χ0) is 14.5. The lowest BCUT2D eigenvalue weighted by Crippen LogP contribution is -2.05. The van der Waals surface area contributed by atoms with Crippen LogP contribution in [0.1, 0.15) is 16.1 Å². The van der Waals surface area contributed by atoms with E-state index >= 15 is 0 Å². The van der Waals surface area contributed by atoms with Gasteiger partial charge in [-0.3, -0.25) is 4.98 Å². The summed E-state index contributed by atoms with van der Waals surface area (Å²) >= 11 is 3.12. The number of benzene rings is 1. The van der Waals surface area contributed by atoms with Crippen LogP contribution in [0.15, 0.2) is 41.0 Å². The van der Waals surface area contributed by atoms with Gasteiger partial charge in [0.25, 0.3) is 0 Å². The van der Waals surface area contributed by atoms with E-state index in [-0.39, 0.29) is 5.82 Å². The molecule has 0 amide bonds. The molecule has 20 heavy (non-hydrogen) atoms. The zero-order valence-electron chi connectivity index (χ0n) is 10.7. The van der Waals surface area contributed by atoms with Crippen molar-refractivity contribution < 1.29 is 13.9 Å². The summed E-state index contributed by atoms with van der Waals surface area (Å²) in [6, 6.07) is 8.05. The van der Waals surface area contributed by atoms with Crippen molar-refractivity contribution in [3.05, 3.63) is 58.1 Å². The second-order valence-corrected chi connectivity index (χ2v) is 4.87. The van der Waals surface area contributed by atoms with Gasteiger partial charge in [-0.1, -0.05) is 0 Å². The lowest BCUT2D eigenvalue weighted by atomic mass is 10.2. The van der Waals surface area contributed by atoms with E-state index < -0.39 is 5.97 Å². The van der Waals surface area contributed by atoms with Crippen LogP contribution in [0.5, 0.6) is 0 Å². The molecule has 2 aromatic rings. The third-order valence-corrected chi connectivity index (χ3v) is 3.25. The average molecular weight is 339 g/mol. The Bertz CT molecular complexity index is 617. The van der Waals surface area contributed by atoms with Gasteiger partial charge in [-0.05, 0) is 46.3 Å². The van der Waals surface area contributed by atoms with Crippen LogP contribution in [0.3, 0.4) is 0 Å². The van der Waals surface area contributed by atoms with Crippen LogP contribution in [0.2, 0.25) is 0 Å². The second kappa shape index (κ2) is 6.47. The van der Waals surface area contributed by atoms with Gasteiger partial charge in [0, 0.05) is 11.9 Å². The number of hydrogen-bond acceptors (Lipinski definition) is 4. The first-order chi connectivity index (χ1) is 9.60. The van der Waals surface area contributed by atoms with Gasteiger partial charge in [0.15, 0.2) is 0 Å². The largest absolute Gasteiger partial charge is 0.465 e. The van der Waals surface area contributed by atoms with Crippen molar-refractivity contribution in [1.82, 2.24) is 4.98 Å². The summed E-state index contributed by atoms with van der Waals surface area (Å²) < 4.78 is 18.1. The van der Waals surface area contributed by atoms with Gasteiger partial charge in [0.2, 0.25) is 0 Å². The van der Waals surface area contributed by atoms with Crippen LogP contribution in [0.4, 0.5) is 10.1 Å². The molecule has 0 aliphatic heterocycles. The topological polar surface area (TPSA) is 51.2 Å². The molecule has 4 nitrogen and oxygen atoms in total. The van der Waals surface area contributed by atoms with Crippen LogP contribution in [-0.2, 0) is 11.3 Å². The molecule has 1 aromatic heterocycles. The van der Waals surface area contributed by atoms with Gasteiger partial charge < -0.3 is 10.1 Å². The Balaban J connectivity index is 2.00. The number of halogens is 2. The molecule has 6 heteroatoms. The SMILES string of the molecule is COC(=O)c1ccc(CNc2ccc(F)c(Br)c2)nc1. The normalized spacial score (nSPS) is 10.2. The fraction of sp³-hybridized carbons (Fsp3) is 0.143. The Morgan fingerprint density at radius 3 is 2.80 bits per heavy atom. The molecule has 104 valence electrons. The summed E-state index contributed by atoms with van der Waals surface area (Å²) in [5.74, 6) is -0.726. The van der Waals surface area contributed by atoms with E-state index in [1.54, 1.807) is 24.3 Å². The number of esters is 1. The standard InChI is InChI=1S/C14H12BrFN2O2/c1-20-14(19)9-2-3-11(17-7-9)8-18-10-4-5-13(16)12(15)6-10/h2-7,18H,8H2,1H3. The highest BCUT2D eigenvalue weighted by molar-refractivity contribution is 9.10. The number of pyridine rings is 1. The molecule has 0 aliphatic rings. The quantitative estimate of drug-likeness (QED) is 0.868. The molecule has 0 unspecified atom stereocenters. The van der Waals surface area contributed by atoms with Crippen molar-refractivity contribution in [3.8, 4) is 0 Å². The third-order valence-electron chi connectivity index (χ3n) is 2.64. The van der Waals surface area contributed by atoms with E-state index in [0.717, 1.165) is 11.4 Å². The Morgan fingerprint density at radius 1 is 1.40 bits per heavy atom. The first-order valence-corrected chi connectivity index (χ1v) is 6.61. The molecular formula is C14H12BrFN2O2. The average Bonchev–Trinajstić information content (AvgIpc) is 2.48. The summed E-state index contributed by atoms with van der Waals surface area (Å²) in [5, 5.41) is 3.12. The van der Waals surface area contributed by atoms with Crippen LogP contribution in [0.25, 0.3) is 0 Å². The second-order valence-electron chi connectivity index (χ2n) is 4.01. The maximum atomic E-state index is 13.1. The van der Waals surface area contributed by atoms with Crippen LogP contribution in [0, 0.1) is 5.82 Å². The lowest BCUT2D eigenvalue weighted by Gasteiger charge is -2.07. The maximum absolute atomic E-state index is 13.1. The fourth-order valence-corrected chi connectivity index (χ4v) is 1.95. The van der Waals surface area contributed by atoms with E-state index in [1.165, 1.54) is 19.4 Å². The highest BCUT2D eigenvalue weighted by Crippen LogP contribution is 2.20. The first-order valence-electron chi connectivity index (χ1n) is 5.82. The van der Waals surface area contributed by atoms with E-state index in [9.17, 15) is 9.18 Å². The van der Waals surface area contributed by atoms with E-state index in [4.69, 9.17) is 0 Å². The highest BCUT2D eigenvalue weighted by Gasteiger charge is 2.05. The molecule has 1 aromatic carbocycles. The van der Waals surface area contributed by atoms with E-state index in [2.05, 4.69) is 31.0 Å². The Labute approximate surface area is 124 Å². The predicted molar refractivity (Wildman–Crippen MR) is 77.0 cm³/mol. The Kier molecular flexibility index (Phi) is 4.68. The van der Waals surface area contributed by atoms with Crippen LogP contribution in [-0.4, -0.2) is 18.1 Å². The van der Waals surface area contributed by atoms with Gasteiger partial charge in [-0.25, -0.2) is 9.18 Å². The summed E-state index contributed by atoms with van der Waals surface area (Å²) in [4.78, 5) is 15.4. The molecule has 2 rings (SSSR count).